The van der Waals surface area contributed by atoms with Crippen molar-refractivity contribution >= 4 is 11.6 Å². The summed E-state index contributed by atoms with van der Waals surface area (Å²) in [6, 6.07) is 8.13. The Labute approximate surface area is 137 Å². The highest BCUT2D eigenvalue weighted by Gasteiger charge is 2.20. The molecular weight excluding hydrogens is 315 g/mol. The van der Waals surface area contributed by atoms with Crippen molar-refractivity contribution in [1.29, 1.82) is 0 Å². The lowest BCUT2D eigenvalue weighted by molar-refractivity contribution is 0.0916. The number of ketones is 2. The van der Waals surface area contributed by atoms with E-state index in [2.05, 4.69) is 0 Å². The van der Waals surface area contributed by atoms with Crippen LogP contribution in [0.4, 0.5) is 4.39 Å². The largest absolute Gasteiger partial charge is 0.504 e. The molecule has 0 aliphatic carbocycles. The Morgan fingerprint density at radius 3 is 2.46 bits per heavy atom. The van der Waals surface area contributed by atoms with E-state index < -0.39 is 5.82 Å². The summed E-state index contributed by atoms with van der Waals surface area (Å²) in [6.07, 6.45) is -0.0913. The summed E-state index contributed by atoms with van der Waals surface area (Å²) in [5, 5.41) is 9.91. The van der Waals surface area contributed by atoms with E-state index >= 15 is 0 Å². The van der Waals surface area contributed by atoms with Gasteiger partial charge in [-0.25, -0.2) is 4.39 Å². The van der Waals surface area contributed by atoms with Crippen LogP contribution in [0.15, 0.2) is 36.4 Å². The molecule has 0 radical (unpaired) electrons. The van der Waals surface area contributed by atoms with Crippen LogP contribution in [0.5, 0.6) is 17.2 Å². The van der Waals surface area contributed by atoms with E-state index in [0.29, 0.717) is 19.0 Å². The molecule has 0 spiro atoms. The normalized spacial score (nSPS) is 12.7. The van der Waals surface area contributed by atoms with Crippen LogP contribution in [0, 0.1) is 5.82 Å². The Balaban J connectivity index is 1.69. The van der Waals surface area contributed by atoms with Gasteiger partial charge in [0.1, 0.15) is 19.0 Å². The van der Waals surface area contributed by atoms with Crippen LogP contribution in [-0.2, 0) is 0 Å². The third-order valence-electron chi connectivity index (χ3n) is 3.67. The second kappa shape index (κ2) is 6.70. The molecule has 2 aromatic carbocycles. The number of fused-ring (bicyclic) bond motifs is 1. The summed E-state index contributed by atoms with van der Waals surface area (Å²) < 4.78 is 23.8. The summed E-state index contributed by atoms with van der Waals surface area (Å²) in [5.74, 6) is -0.776. The van der Waals surface area contributed by atoms with Crippen molar-refractivity contribution in [3.63, 3.8) is 0 Å². The molecule has 5 nitrogen and oxygen atoms in total. The SMILES string of the molecule is O=C(CCC(=O)c1cc(O)c2c(c1)OCCO2)c1cccc(F)c1. The van der Waals surface area contributed by atoms with Gasteiger partial charge < -0.3 is 14.6 Å². The van der Waals surface area contributed by atoms with Crippen LogP contribution in [0.25, 0.3) is 0 Å². The number of carbonyl (C=O) groups excluding carboxylic acids is 2. The molecule has 0 atom stereocenters. The van der Waals surface area contributed by atoms with Crippen LogP contribution >= 0.6 is 0 Å². The fraction of sp³-hybridized carbons (Fsp3) is 0.222. The van der Waals surface area contributed by atoms with Crippen molar-refractivity contribution in [2.24, 2.45) is 0 Å². The first-order valence-corrected chi connectivity index (χ1v) is 7.49. The third-order valence-corrected chi connectivity index (χ3v) is 3.67. The molecule has 3 rings (SSSR count). The van der Waals surface area contributed by atoms with Gasteiger partial charge in [-0.15, -0.1) is 0 Å². The van der Waals surface area contributed by atoms with Crippen LogP contribution < -0.4 is 9.47 Å². The molecule has 0 saturated heterocycles. The van der Waals surface area contributed by atoms with Gasteiger partial charge in [0, 0.05) is 24.0 Å². The third kappa shape index (κ3) is 3.37. The fourth-order valence-corrected chi connectivity index (χ4v) is 2.47. The van der Waals surface area contributed by atoms with Gasteiger partial charge in [-0.3, -0.25) is 9.59 Å². The monoisotopic (exact) mass is 330 g/mol. The zero-order chi connectivity index (χ0) is 17.1. The first-order chi connectivity index (χ1) is 11.5. The van der Waals surface area contributed by atoms with E-state index in [0.717, 1.165) is 6.07 Å². The molecule has 24 heavy (non-hydrogen) atoms. The molecule has 0 amide bonds. The lowest BCUT2D eigenvalue weighted by Gasteiger charge is -2.19. The standard InChI is InChI=1S/C18H15FO5/c19-13-3-1-2-11(8-13)14(20)4-5-15(21)12-9-16(22)18-17(10-12)23-6-7-24-18/h1-3,8-10,22H,4-7H2. The summed E-state index contributed by atoms with van der Waals surface area (Å²) in [5.41, 5.74) is 0.469. The molecule has 0 bridgehead atoms. The number of Topliss-reactive ketones (excluding diaryl/α,β-unsaturated/α-hetero) is 2. The molecule has 0 unspecified atom stereocenters. The molecule has 6 heteroatoms. The molecule has 0 aromatic heterocycles. The predicted octanol–water partition coefficient (Wildman–Crippen LogP) is 3.15. The minimum absolute atomic E-state index is 0.0442. The number of hydrogen-bond donors (Lipinski definition) is 1. The Morgan fingerprint density at radius 1 is 1.00 bits per heavy atom. The van der Waals surface area contributed by atoms with Gasteiger partial charge in [0.25, 0.3) is 0 Å². The number of aromatic hydroxyl groups is 1. The number of rotatable bonds is 5. The molecule has 1 N–H and O–H groups in total. The van der Waals surface area contributed by atoms with Crippen molar-refractivity contribution in [1.82, 2.24) is 0 Å². The molecule has 2 aromatic rings. The van der Waals surface area contributed by atoms with Gasteiger partial charge in [-0.05, 0) is 24.3 Å². The van der Waals surface area contributed by atoms with Crippen molar-refractivity contribution in [3.8, 4) is 17.2 Å². The number of phenolic OH excluding ortho intramolecular Hbond substituents is 1. The minimum atomic E-state index is -0.496. The van der Waals surface area contributed by atoms with Crippen molar-refractivity contribution in [2.45, 2.75) is 12.8 Å². The maximum absolute atomic E-state index is 13.1. The van der Waals surface area contributed by atoms with Gasteiger partial charge in [0.2, 0.25) is 5.75 Å². The average Bonchev–Trinajstić information content (AvgIpc) is 2.59. The van der Waals surface area contributed by atoms with Gasteiger partial charge in [-0.2, -0.15) is 0 Å². The molecule has 1 aliphatic rings. The molecule has 0 saturated carbocycles. The molecule has 124 valence electrons. The Bertz CT molecular complexity index is 800. The van der Waals surface area contributed by atoms with E-state index in [1.165, 1.54) is 30.3 Å². The number of phenols is 1. The average molecular weight is 330 g/mol. The topological polar surface area (TPSA) is 72.8 Å². The Hall–Kier alpha value is -2.89. The second-order valence-corrected chi connectivity index (χ2v) is 5.38. The smallest absolute Gasteiger partial charge is 0.203 e. The fourth-order valence-electron chi connectivity index (χ4n) is 2.47. The van der Waals surface area contributed by atoms with E-state index in [9.17, 15) is 19.1 Å². The van der Waals surface area contributed by atoms with Gasteiger partial charge in [-0.1, -0.05) is 12.1 Å². The van der Waals surface area contributed by atoms with Crippen LogP contribution in [-0.4, -0.2) is 29.9 Å². The van der Waals surface area contributed by atoms with Crippen molar-refractivity contribution in [3.05, 3.63) is 53.3 Å². The van der Waals surface area contributed by atoms with Gasteiger partial charge >= 0.3 is 0 Å². The van der Waals surface area contributed by atoms with E-state index in [4.69, 9.17) is 9.47 Å². The first kappa shape index (κ1) is 16.0. The highest BCUT2D eigenvalue weighted by atomic mass is 19.1. The Kier molecular flexibility index (Phi) is 4.46. The van der Waals surface area contributed by atoms with Gasteiger partial charge in [0.15, 0.2) is 23.1 Å². The molecule has 1 heterocycles. The van der Waals surface area contributed by atoms with Crippen LogP contribution in [0.2, 0.25) is 0 Å². The van der Waals surface area contributed by atoms with E-state index in [1.807, 2.05) is 0 Å². The van der Waals surface area contributed by atoms with E-state index in [1.54, 1.807) is 0 Å². The van der Waals surface area contributed by atoms with Crippen molar-refractivity contribution < 1.29 is 28.6 Å². The number of ether oxygens (including phenoxy) is 2. The van der Waals surface area contributed by atoms with E-state index in [-0.39, 0.29) is 47.0 Å². The zero-order valence-electron chi connectivity index (χ0n) is 12.8. The summed E-state index contributed by atoms with van der Waals surface area (Å²) in [6.45, 7) is 0.665. The molecule has 1 aliphatic heterocycles. The predicted molar refractivity (Wildman–Crippen MR) is 83.4 cm³/mol. The number of hydrogen-bond acceptors (Lipinski definition) is 5. The molecular formula is C18H15FO5. The first-order valence-electron chi connectivity index (χ1n) is 7.49. The number of halogens is 1. The summed E-state index contributed by atoms with van der Waals surface area (Å²) in [4.78, 5) is 24.3. The van der Waals surface area contributed by atoms with Crippen LogP contribution in [0.3, 0.4) is 0 Å². The number of benzene rings is 2. The quantitative estimate of drug-likeness (QED) is 0.853. The van der Waals surface area contributed by atoms with Gasteiger partial charge in [0.05, 0.1) is 0 Å². The number of carbonyl (C=O) groups is 2. The summed E-state index contributed by atoms with van der Waals surface area (Å²) in [7, 11) is 0. The lowest BCUT2D eigenvalue weighted by atomic mass is 10.0. The van der Waals surface area contributed by atoms with Crippen LogP contribution in [0.1, 0.15) is 33.6 Å². The highest BCUT2D eigenvalue weighted by Crippen LogP contribution is 2.39. The highest BCUT2D eigenvalue weighted by molar-refractivity contribution is 6.02. The maximum atomic E-state index is 13.1. The Morgan fingerprint density at radius 2 is 1.71 bits per heavy atom. The second-order valence-electron chi connectivity index (χ2n) is 5.38. The zero-order valence-corrected chi connectivity index (χ0v) is 12.8. The maximum Gasteiger partial charge on any atom is 0.203 e. The lowest BCUT2D eigenvalue weighted by Crippen LogP contribution is -2.16. The van der Waals surface area contributed by atoms with Crippen molar-refractivity contribution in [2.75, 3.05) is 13.2 Å². The molecule has 0 fully saturated rings. The minimum Gasteiger partial charge on any atom is -0.504 e. The summed E-state index contributed by atoms with van der Waals surface area (Å²) >= 11 is 0.